The van der Waals surface area contributed by atoms with Gasteiger partial charge in [-0.2, -0.15) is 0 Å². The SMILES string of the molecule is O=C(NCCS(=O)(=O)[O-])c1cccc(S(=O)(=O)C(Br)(Br)Br)c1.[Na+]. The van der Waals surface area contributed by atoms with Crippen molar-refractivity contribution in [2.45, 2.75) is 6.37 Å². The third-order valence-electron chi connectivity index (χ3n) is 2.35. The molecular weight excluding hydrogens is 557 g/mol. The molecule has 0 radical (unpaired) electrons. The first-order chi connectivity index (χ1) is 9.84. The van der Waals surface area contributed by atoms with Crippen LogP contribution in [-0.4, -0.2) is 41.1 Å². The van der Waals surface area contributed by atoms with Gasteiger partial charge in [-0.3, -0.25) is 4.79 Å². The molecule has 0 atom stereocenters. The van der Waals surface area contributed by atoms with Gasteiger partial charge in [-0.1, -0.05) is 6.07 Å². The van der Waals surface area contributed by atoms with Crippen LogP contribution in [0.5, 0.6) is 0 Å². The largest absolute Gasteiger partial charge is 1.00 e. The van der Waals surface area contributed by atoms with Crippen molar-refractivity contribution >= 4 is 73.7 Å². The summed E-state index contributed by atoms with van der Waals surface area (Å²) in [7, 11) is -8.28. The quantitative estimate of drug-likeness (QED) is 0.265. The van der Waals surface area contributed by atoms with Gasteiger partial charge in [-0.15, -0.1) is 0 Å². The van der Waals surface area contributed by atoms with Crippen LogP contribution in [0.15, 0.2) is 29.2 Å². The van der Waals surface area contributed by atoms with Gasteiger partial charge in [0.25, 0.3) is 5.91 Å². The number of carbonyl (C=O) groups is 1. The summed E-state index contributed by atoms with van der Waals surface area (Å²) in [5.74, 6) is -1.44. The van der Waals surface area contributed by atoms with Crippen molar-refractivity contribution < 1.29 is 55.7 Å². The summed E-state index contributed by atoms with van der Waals surface area (Å²) >= 11 is 8.72. The van der Waals surface area contributed by atoms with Crippen LogP contribution in [0.1, 0.15) is 10.4 Å². The molecule has 7 nitrogen and oxygen atoms in total. The van der Waals surface area contributed by atoms with Crippen molar-refractivity contribution in [2.24, 2.45) is 0 Å². The van der Waals surface area contributed by atoms with Gasteiger partial charge in [0.15, 0.2) is 0 Å². The number of benzene rings is 1. The molecule has 0 fully saturated rings. The van der Waals surface area contributed by atoms with Crippen LogP contribution in [0, 0.1) is 0 Å². The van der Waals surface area contributed by atoms with Crippen molar-refractivity contribution in [1.29, 1.82) is 0 Å². The average Bonchev–Trinajstić information content (AvgIpc) is 2.36. The fourth-order valence-corrected chi connectivity index (χ4v) is 4.17. The predicted octanol–water partition coefficient (Wildman–Crippen LogP) is -1.46. The summed E-state index contributed by atoms with van der Waals surface area (Å²) in [6.45, 7) is -0.360. The van der Waals surface area contributed by atoms with Crippen molar-refractivity contribution in [3.8, 4) is 0 Å². The van der Waals surface area contributed by atoms with E-state index in [0.29, 0.717) is 0 Å². The first-order valence-electron chi connectivity index (χ1n) is 5.48. The smallest absolute Gasteiger partial charge is 0.748 e. The van der Waals surface area contributed by atoms with Crippen molar-refractivity contribution in [3.63, 3.8) is 0 Å². The fraction of sp³-hybridized carbons (Fsp3) is 0.300. The minimum atomic E-state index is -4.43. The molecule has 0 spiro atoms. The summed E-state index contributed by atoms with van der Waals surface area (Å²) in [5.41, 5.74) is 0.0149. The second-order valence-corrected chi connectivity index (χ2v) is 15.9. The van der Waals surface area contributed by atoms with Gasteiger partial charge < -0.3 is 9.87 Å². The number of hydrogen-bond acceptors (Lipinski definition) is 6. The molecule has 0 bridgehead atoms. The Hall–Kier alpha value is 0.990. The van der Waals surface area contributed by atoms with Crippen LogP contribution in [0.3, 0.4) is 0 Å². The molecule has 1 N–H and O–H groups in total. The van der Waals surface area contributed by atoms with E-state index in [1.54, 1.807) is 0 Å². The third-order valence-corrected chi connectivity index (χ3v) is 8.37. The van der Waals surface area contributed by atoms with Gasteiger partial charge in [-0.05, 0) is 66.0 Å². The van der Waals surface area contributed by atoms with E-state index in [4.69, 9.17) is 0 Å². The summed E-state index contributed by atoms with van der Waals surface area (Å²) in [6, 6.07) is 5.16. The Morgan fingerprint density at radius 2 is 1.74 bits per heavy atom. The Morgan fingerprint density at radius 3 is 2.22 bits per heavy atom. The van der Waals surface area contributed by atoms with Crippen LogP contribution in [0.2, 0.25) is 0 Å². The fourth-order valence-electron chi connectivity index (χ4n) is 1.33. The monoisotopic (exact) mass is 563 g/mol. The second kappa shape index (κ2) is 9.08. The number of nitrogens with one attached hydrogen (secondary N) is 1. The van der Waals surface area contributed by atoms with Crippen LogP contribution in [-0.2, 0) is 20.0 Å². The van der Waals surface area contributed by atoms with Crippen molar-refractivity contribution in [1.82, 2.24) is 5.32 Å². The molecule has 0 aliphatic carbocycles. The minimum Gasteiger partial charge on any atom is -0.748 e. The van der Waals surface area contributed by atoms with Gasteiger partial charge in [0.05, 0.1) is 20.8 Å². The molecule has 0 saturated heterocycles. The number of sulfone groups is 1. The van der Waals surface area contributed by atoms with Crippen LogP contribution in [0.4, 0.5) is 0 Å². The molecule has 0 unspecified atom stereocenters. The van der Waals surface area contributed by atoms with Crippen molar-refractivity contribution in [2.75, 3.05) is 12.3 Å². The number of amides is 1. The zero-order valence-electron chi connectivity index (χ0n) is 11.6. The van der Waals surface area contributed by atoms with Gasteiger partial charge >= 0.3 is 29.6 Å². The maximum absolute atomic E-state index is 12.2. The molecule has 0 saturated carbocycles. The molecule has 124 valence electrons. The molecule has 0 aromatic heterocycles. The van der Waals surface area contributed by atoms with E-state index in [0.717, 1.165) is 6.07 Å². The first kappa shape index (κ1) is 24.0. The van der Waals surface area contributed by atoms with Gasteiger partial charge in [0, 0.05) is 12.1 Å². The molecular formula is C10H9Br3NNaO6S2. The standard InChI is InChI=1S/C10H10Br3NO6S2.Na/c11-10(12,13)22(19,20)8-3-1-2-7(6-8)9(15)14-4-5-21(16,17)18;/h1-3,6H,4-5H2,(H,14,15)(H,16,17,18);/q;+1/p-1. The van der Waals surface area contributed by atoms with E-state index in [1.165, 1.54) is 18.2 Å². The van der Waals surface area contributed by atoms with E-state index < -0.39 is 33.1 Å². The average molecular weight is 566 g/mol. The summed E-state index contributed by atoms with van der Waals surface area (Å²) in [6.07, 6.45) is 0. The molecule has 0 heterocycles. The van der Waals surface area contributed by atoms with E-state index in [2.05, 4.69) is 53.1 Å². The van der Waals surface area contributed by atoms with E-state index in [9.17, 15) is 26.2 Å². The first-order valence-corrected chi connectivity index (χ1v) is 10.9. The number of carbonyl (C=O) groups excluding carboxylic acids is 1. The molecule has 13 heteroatoms. The second-order valence-electron chi connectivity index (χ2n) is 3.99. The Kier molecular flexibility index (Phi) is 9.47. The topological polar surface area (TPSA) is 120 Å². The predicted molar refractivity (Wildman–Crippen MR) is 90.0 cm³/mol. The molecule has 1 rings (SSSR count). The normalized spacial score (nSPS) is 12.3. The molecule has 1 amide bonds. The van der Waals surface area contributed by atoms with E-state index in [1.807, 2.05) is 0 Å². The van der Waals surface area contributed by atoms with E-state index >= 15 is 0 Å². The molecule has 1 aromatic rings. The number of halogens is 3. The molecule has 23 heavy (non-hydrogen) atoms. The molecule has 0 aliphatic rings. The summed E-state index contributed by atoms with van der Waals surface area (Å²) < 4.78 is 54.1. The van der Waals surface area contributed by atoms with Crippen LogP contribution < -0.4 is 34.9 Å². The maximum Gasteiger partial charge on any atom is 1.00 e. The van der Waals surface area contributed by atoms with Gasteiger partial charge in [0.1, 0.15) is 0 Å². The van der Waals surface area contributed by atoms with Crippen LogP contribution in [0.25, 0.3) is 0 Å². The van der Waals surface area contributed by atoms with Gasteiger partial charge in [-0.25, -0.2) is 16.8 Å². The van der Waals surface area contributed by atoms with Crippen molar-refractivity contribution in [3.05, 3.63) is 29.8 Å². The zero-order chi connectivity index (χ0) is 17.2. The van der Waals surface area contributed by atoms with Crippen LogP contribution >= 0.6 is 47.8 Å². The molecule has 0 aliphatic heterocycles. The van der Waals surface area contributed by atoms with Gasteiger partial charge in [0.2, 0.25) is 11.3 Å². The Morgan fingerprint density at radius 1 is 1.17 bits per heavy atom. The Labute approximate surface area is 181 Å². The maximum atomic E-state index is 12.2. The number of alkyl halides is 3. The minimum absolute atomic E-state index is 0. The Bertz CT molecular complexity index is 776. The third kappa shape index (κ3) is 7.40. The number of rotatable bonds is 5. The molecule has 1 aromatic carbocycles. The summed E-state index contributed by atoms with van der Waals surface area (Å²) in [4.78, 5) is 11.7. The summed E-state index contributed by atoms with van der Waals surface area (Å²) in [5, 5.41) is 2.22. The van der Waals surface area contributed by atoms with E-state index in [-0.39, 0.29) is 46.6 Å². The Balaban J connectivity index is 0.00000484. The number of hydrogen-bond donors (Lipinski definition) is 1. The zero-order valence-corrected chi connectivity index (χ0v) is 20.0.